The third kappa shape index (κ3) is 7.37. The minimum absolute atomic E-state index is 0.0557. The number of amides is 2. The Hall–Kier alpha value is -5.04. The number of esters is 1. The molecule has 0 aliphatic carbocycles. The molecule has 230 valence electrons. The Morgan fingerprint density at radius 3 is 2.09 bits per heavy atom. The van der Waals surface area contributed by atoms with E-state index in [4.69, 9.17) is 4.74 Å². The van der Waals surface area contributed by atoms with E-state index in [9.17, 15) is 18.8 Å². The molecule has 2 amide bonds. The van der Waals surface area contributed by atoms with Gasteiger partial charge in [0.05, 0.1) is 18.7 Å². The average molecular weight is 605 g/mol. The zero-order valence-electron chi connectivity index (χ0n) is 25.5. The van der Waals surface area contributed by atoms with Gasteiger partial charge in [0.2, 0.25) is 5.91 Å². The molecule has 0 aromatic heterocycles. The van der Waals surface area contributed by atoms with Crippen molar-refractivity contribution in [2.24, 2.45) is 0 Å². The molecule has 0 spiro atoms. The lowest BCUT2D eigenvalue weighted by molar-refractivity contribution is -0.140. The first-order valence-corrected chi connectivity index (χ1v) is 15.3. The molecule has 1 N–H and O–H groups in total. The quantitative estimate of drug-likeness (QED) is 0.185. The van der Waals surface area contributed by atoms with Gasteiger partial charge in [-0.15, -0.1) is 0 Å². The third-order valence-corrected chi connectivity index (χ3v) is 8.28. The lowest BCUT2D eigenvalue weighted by atomic mass is 9.83. The maximum absolute atomic E-state index is 14.7. The van der Waals surface area contributed by atoms with Crippen LogP contribution in [0.1, 0.15) is 71.1 Å². The highest BCUT2D eigenvalue weighted by molar-refractivity contribution is 5.96. The summed E-state index contributed by atoms with van der Waals surface area (Å²) in [7, 11) is 0. The number of ether oxygens (including phenoxy) is 1. The van der Waals surface area contributed by atoms with Gasteiger partial charge in [-0.2, -0.15) is 0 Å². The number of carbonyl (C=O) groups is 3. The van der Waals surface area contributed by atoms with Crippen LogP contribution in [0.2, 0.25) is 0 Å². The van der Waals surface area contributed by atoms with Gasteiger partial charge < -0.3 is 15.0 Å². The summed E-state index contributed by atoms with van der Waals surface area (Å²) < 4.78 is 20.1. The minimum Gasteiger partial charge on any atom is -0.463 e. The topological polar surface area (TPSA) is 75.7 Å². The number of nitrogens with zero attached hydrogens (tertiary/aromatic N) is 1. The third-order valence-electron chi connectivity index (χ3n) is 8.28. The average Bonchev–Trinajstić information content (AvgIpc) is 3.06. The highest BCUT2D eigenvalue weighted by atomic mass is 19.1. The van der Waals surface area contributed by atoms with E-state index in [0.29, 0.717) is 23.4 Å². The van der Waals surface area contributed by atoms with Crippen LogP contribution in [0.4, 0.5) is 4.39 Å². The predicted molar refractivity (Wildman–Crippen MR) is 172 cm³/mol. The van der Waals surface area contributed by atoms with Crippen LogP contribution < -0.4 is 5.32 Å². The first kappa shape index (κ1) is 31.4. The van der Waals surface area contributed by atoms with Crippen LogP contribution in [0.3, 0.4) is 0 Å². The van der Waals surface area contributed by atoms with Crippen LogP contribution in [0.25, 0.3) is 0 Å². The number of benzene rings is 4. The van der Waals surface area contributed by atoms with Crippen LogP contribution >= 0.6 is 0 Å². The van der Waals surface area contributed by atoms with Gasteiger partial charge in [-0.05, 0) is 60.7 Å². The molecule has 7 heteroatoms. The summed E-state index contributed by atoms with van der Waals surface area (Å²) in [5.74, 6) is -2.00. The van der Waals surface area contributed by atoms with Gasteiger partial charge in [0, 0.05) is 36.1 Å². The van der Waals surface area contributed by atoms with E-state index >= 15 is 0 Å². The van der Waals surface area contributed by atoms with E-state index in [-0.39, 0.29) is 42.9 Å². The fourth-order valence-electron chi connectivity index (χ4n) is 5.97. The monoisotopic (exact) mass is 604 g/mol. The van der Waals surface area contributed by atoms with Crippen molar-refractivity contribution < 1.29 is 23.5 Å². The molecule has 4 aromatic carbocycles. The van der Waals surface area contributed by atoms with Crippen molar-refractivity contribution in [2.75, 3.05) is 13.2 Å². The van der Waals surface area contributed by atoms with Crippen LogP contribution in [-0.2, 0) is 20.9 Å². The molecule has 1 atom stereocenters. The molecule has 1 aliphatic heterocycles. The Balaban J connectivity index is 1.27. The van der Waals surface area contributed by atoms with Crippen molar-refractivity contribution in [1.29, 1.82) is 0 Å². The van der Waals surface area contributed by atoms with Gasteiger partial charge in [0.25, 0.3) is 5.91 Å². The highest BCUT2D eigenvalue weighted by Gasteiger charge is 2.38. The Labute approximate surface area is 263 Å². The maximum Gasteiger partial charge on any atom is 0.336 e. The van der Waals surface area contributed by atoms with Crippen molar-refractivity contribution in [3.8, 4) is 0 Å². The number of nitrogens with one attached hydrogen (secondary N) is 1. The molecule has 0 radical (unpaired) electrons. The van der Waals surface area contributed by atoms with E-state index in [0.717, 1.165) is 12.0 Å². The number of rotatable bonds is 11. The van der Waals surface area contributed by atoms with Crippen molar-refractivity contribution >= 4 is 17.8 Å². The molecular formula is C38H37FN2O4. The second-order valence-corrected chi connectivity index (χ2v) is 11.1. The van der Waals surface area contributed by atoms with E-state index < -0.39 is 17.7 Å². The Morgan fingerprint density at radius 2 is 1.49 bits per heavy atom. The zero-order chi connectivity index (χ0) is 31.8. The second kappa shape index (κ2) is 14.6. The second-order valence-electron chi connectivity index (χ2n) is 11.1. The van der Waals surface area contributed by atoms with E-state index in [1.165, 1.54) is 22.1 Å². The molecule has 4 aromatic rings. The summed E-state index contributed by atoms with van der Waals surface area (Å²) in [5, 5.41) is 3.05. The molecular weight excluding hydrogens is 567 g/mol. The first-order chi connectivity index (χ1) is 21.9. The smallest absolute Gasteiger partial charge is 0.336 e. The lowest BCUT2D eigenvalue weighted by Gasteiger charge is -2.34. The van der Waals surface area contributed by atoms with Gasteiger partial charge in [-0.1, -0.05) is 91.0 Å². The summed E-state index contributed by atoms with van der Waals surface area (Å²) in [5.41, 5.74) is 4.71. The van der Waals surface area contributed by atoms with Crippen LogP contribution in [-0.4, -0.2) is 35.8 Å². The first-order valence-electron chi connectivity index (χ1n) is 15.3. The van der Waals surface area contributed by atoms with Crippen LogP contribution in [0.15, 0.2) is 120 Å². The molecule has 1 aliphatic rings. The van der Waals surface area contributed by atoms with Crippen molar-refractivity contribution in [1.82, 2.24) is 10.2 Å². The Bertz CT molecular complexity index is 1630. The summed E-state index contributed by atoms with van der Waals surface area (Å²) in [6.07, 6.45) is 0.692. The summed E-state index contributed by atoms with van der Waals surface area (Å²) >= 11 is 0. The normalized spacial score (nSPS) is 14.9. The van der Waals surface area contributed by atoms with Crippen LogP contribution in [0.5, 0.6) is 0 Å². The zero-order valence-corrected chi connectivity index (χ0v) is 25.5. The minimum atomic E-state index is -0.733. The predicted octanol–water partition coefficient (Wildman–Crippen LogP) is 7.13. The maximum atomic E-state index is 14.7. The fourth-order valence-corrected chi connectivity index (χ4v) is 5.97. The molecule has 6 nitrogen and oxygen atoms in total. The van der Waals surface area contributed by atoms with E-state index in [2.05, 4.69) is 29.6 Å². The van der Waals surface area contributed by atoms with E-state index in [1.54, 1.807) is 56.3 Å². The molecule has 1 unspecified atom stereocenters. The highest BCUT2D eigenvalue weighted by Crippen LogP contribution is 2.38. The number of hydrogen-bond acceptors (Lipinski definition) is 4. The summed E-state index contributed by atoms with van der Waals surface area (Å²) in [4.78, 5) is 40.9. The Morgan fingerprint density at radius 1 is 0.889 bits per heavy atom. The summed E-state index contributed by atoms with van der Waals surface area (Å²) in [6.45, 7) is 4.27. The van der Waals surface area contributed by atoms with Crippen molar-refractivity contribution in [3.63, 3.8) is 0 Å². The number of carbonyl (C=O) groups excluding carboxylic acids is 3. The van der Waals surface area contributed by atoms with Gasteiger partial charge in [-0.3, -0.25) is 9.59 Å². The standard InChI is InChI=1S/C38H37FN2O4/c1-3-45-38(44)36-26(2)41(35(42)24-33(36)32-16-10-11-17-34(32)39)25-27-18-20-30(21-19-27)37(43)40-23-22-31(28-12-6-4-7-13-28)29-14-8-5-9-15-29/h4-21,31,33H,3,22-25H2,1-2H3,(H,40,43). The molecule has 0 bridgehead atoms. The lowest BCUT2D eigenvalue weighted by Crippen LogP contribution is -2.38. The van der Waals surface area contributed by atoms with E-state index in [1.807, 2.05) is 36.4 Å². The largest absolute Gasteiger partial charge is 0.463 e. The van der Waals surface area contributed by atoms with Gasteiger partial charge in [0.1, 0.15) is 5.82 Å². The van der Waals surface area contributed by atoms with Crippen molar-refractivity contribution in [3.05, 3.63) is 154 Å². The summed E-state index contributed by atoms with van der Waals surface area (Å²) in [6, 6.07) is 33.8. The number of halogens is 1. The molecule has 0 saturated heterocycles. The van der Waals surface area contributed by atoms with Crippen LogP contribution in [0, 0.1) is 5.82 Å². The van der Waals surface area contributed by atoms with Gasteiger partial charge in [0.15, 0.2) is 0 Å². The van der Waals surface area contributed by atoms with Gasteiger partial charge >= 0.3 is 5.97 Å². The molecule has 45 heavy (non-hydrogen) atoms. The van der Waals surface area contributed by atoms with Crippen molar-refractivity contribution in [2.45, 2.75) is 45.1 Å². The number of hydrogen-bond donors (Lipinski definition) is 1. The number of allylic oxidation sites excluding steroid dienone is 1. The molecule has 5 rings (SSSR count). The molecule has 0 saturated carbocycles. The molecule has 0 fully saturated rings. The molecule has 1 heterocycles. The SMILES string of the molecule is CCOC(=O)C1=C(C)N(Cc2ccc(C(=O)NCCC(c3ccccc3)c3ccccc3)cc2)C(=O)CC1c1ccccc1F. The fraction of sp³-hybridized carbons (Fsp3) is 0.237. The van der Waals surface area contributed by atoms with Gasteiger partial charge in [-0.25, -0.2) is 9.18 Å². The Kier molecular flexibility index (Phi) is 10.2.